The Morgan fingerprint density at radius 3 is 2.34 bits per heavy atom. The summed E-state index contributed by atoms with van der Waals surface area (Å²) in [7, 11) is 0. The number of hydrogen-bond acceptors (Lipinski definition) is 7. The van der Waals surface area contributed by atoms with Crippen molar-refractivity contribution in [1.82, 2.24) is 19.9 Å². The van der Waals surface area contributed by atoms with Gasteiger partial charge in [-0.05, 0) is 45.0 Å². The molecular weight excluding hydrogens is 479 g/mol. The van der Waals surface area contributed by atoms with Crippen molar-refractivity contribution in [3.05, 3.63) is 53.2 Å². The minimum Gasteiger partial charge on any atom is -0.353 e. The first-order chi connectivity index (χ1) is 16.7. The first-order valence-electron chi connectivity index (χ1n) is 11.5. The van der Waals surface area contributed by atoms with Gasteiger partial charge in [0.25, 0.3) is 0 Å². The second kappa shape index (κ2) is 10.2. The first kappa shape index (κ1) is 25.0. The monoisotopic (exact) mass is 505 g/mol. The van der Waals surface area contributed by atoms with Gasteiger partial charge < -0.3 is 14.7 Å². The topological polar surface area (TPSA) is 61.3 Å². The molecule has 0 aliphatic carbocycles. The summed E-state index contributed by atoms with van der Waals surface area (Å²) >= 11 is 6.20. The molecular formula is C24H27ClF3N7. The van der Waals surface area contributed by atoms with Gasteiger partial charge in [-0.3, -0.25) is 0 Å². The number of pyridine rings is 1. The summed E-state index contributed by atoms with van der Waals surface area (Å²) in [6.45, 7) is 8.48. The number of piperazine rings is 1. The molecule has 7 nitrogen and oxygen atoms in total. The molecule has 0 radical (unpaired) electrons. The summed E-state index contributed by atoms with van der Waals surface area (Å²) < 4.78 is 40.4. The average molecular weight is 506 g/mol. The van der Waals surface area contributed by atoms with Gasteiger partial charge in [0.1, 0.15) is 5.82 Å². The van der Waals surface area contributed by atoms with Gasteiger partial charge in [0.15, 0.2) is 5.82 Å². The highest BCUT2D eigenvalue weighted by Crippen LogP contribution is 2.35. The van der Waals surface area contributed by atoms with Gasteiger partial charge in [-0.2, -0.15) is 28.1 Å². The number of anilines is 3. The molecule has 0 atom stereocenters. The van der Waals surface area contributed by atoms with Crippen molar-refractivity contribution in [2.75, 3.05) is 47.4 Å². The van der Waals surface area contributed by atoms with E-state index in [1.165, 1.54) is 12.3 Å². The number of halogens is 4. The third-order valence-corrected chi connectivity index (χ3v) is 6.10. The van der Waals surface area contributed by atoms with Gasteiger partial charge in [0, 0.05) is 55.5 Å². The molecule has 1 aliphatic rings. The van der Waals surface area contributed by atoms with Crippen molar-refractivity contribution in [2.45, 2.75) is 33.0 Å². The molecule has 11 heteroatoms. The second-order valence-electron chi connectivity index (χ2n) is 8.50. The van der Waals surface area contributed by atoms with Gasteiger partial charge in [-0.15, -0.1) is 0 Å². The first-order valence-corrected chi connectivity index (χ1v) is 11.9. The van der Waals surface area contributed by atoms with E-state index in [0.717, 1.165) is 11.6 Å². The van der Waals surface area contributed by atoms with E-state index in [9.17, 15) is 13.2 Å². The number of benzene rings is 1. The Hall–Kier alpha value is -3.14. The quantitative estimate of drug-likeness (QED) is 0.458. The summed E-state index contributed by atoms with van der Waals surface area (Å²) in [5, 5.41) is 0.576. The van der Waals surface area contributed by atoms with Gasteiger partial charge >= 0.3 is 6.18 Å². The Bertz CT molecular complexity index is 1160. The molecule has 1 saturated heterocycles. The van der Waals surface area contributed by atoms with Crippen LogP contribution in [0.3, 0.4) is 0 Å². The van der Waals surface area contributed by atoms with Crippen LogP contribution in [0.5, 0.6) is 0 Å². The van der Waals surface area contributed by atoms with Crippen LogP contribution < -0.4 is 14.7 Å². The summed E-state index contributed by atoms with van der Waals surface area (Å²) in [4.78, 5) is 23.9. The van der Waals surface area contributed by atoms with Crippen LogP contribution in [-0.4, -0.2) is 58.7 Å². The molecule has 2 aromatic heterocycles. The minimum absolute atomic E-state index is 0.0485. The summed E-state index contributed by atoms with van der Waals surface area (Å²) in [5.74, 6) is 1.49. The average Bonchev–Trinajstić information content (AvgIpc) is 2.84. The number of alkyl halides is 3. The lowest BCUT2D eigenvalue weighted by atomic mass is 10.2. The lowest BCUT2D eigenvalue weighted by Crippen LogP contribution is -2.48. The van der Waals surface area contributed by atoms with Crippen molar-refractivity contribution in [3.63, 3.8) is 0 Å². The lowest BCUT2D eigenvalue weighted by Gasteiger charge is -2.36. The largest absolute Gasteiger partial charge is 0.419 e. The normalized spacial score (nSPS) is 14.5. The molecule has 3 aromatic rings. The van der Waals surface area contributed by atoms with E-state index in [4.69, 9.17) is 26.6 Å². The number of rotatable bonds is 6. The highest BCUT2D eigenvalue weighted by atomic mass is 35.5. The van der Waals surface area contributed by atoms with Crippen LogP contribution in [0.15, 0.2) is 42.6 Å². The Morgan fingerprint density at radius 2 is 1.71 bits per heavy atom. The van der Waals surface area contributed by atoms with E-state index in [2.05, 4.69) is 23.7 Å². The molecule has 1 aliphatic heterocycles. The number of nitrogens with zero attached hydrogens (tertiary/aromatic N) is 7. The fraction of sp³-hybridized carbons (Fsp3) is 0.417. The maximum atomic E-state index is 13.5. The van der Waals surface area contributed by atoms with Crippen LogP contribution in [0.25, 0.3) is 11.4 Å². The van der Waals surface area contributed by atoms with Crippen LogP contribution in [0.4, 0.5) is 30.9 Å². The standard InChI is InChI=1S/C24H27ClF3N7/c1-4-35(16(2)3)23-31-20(17-7-5-8-18(25)15-17)30-22(32-23)34-13-11-33(12-14-34)21-19(24(26,27)28)9-6-10-29-21/h5-10,15-16H,4,11-14H2,1-3H3. The molecule has 0 unspecified atom stereocenters. The van der Waals surface area contributed by atoms with Gasteiger partial charge in [0.05, 0.1) is 5.56 Å². The van der Waals surface area contributed by atoms with Crippen molar-refractivity contribution in [3.8, 4) is 11.4 Å². The molecule has 0 spiro atoms. The molecule has 0 bridgehead atoms. The molecule has 1 aromatic carbocycles. The minimum atomic E-state index is -4.46. The molecule has 186 valence electrons. The van der Waals surface area contributed by atoms with Crippen molar-refractivity contribution >= 4 is 29.3 Å². The zero-order valence-corrected chi connectivity index (χ0v) is 20.6. The van der Waals surface area contributed by atoms with Crippen LogP contribution in [0.2, 0.25) is 5.02 Å². The zero-order valence-electron chi connectivity index (χ0n) is 19.8. The third kappa shape index (κ3) is 5.58. The Morgan fingerprint density at radius 1 is 1.00 bits per heavy atom. The van der Waals surface area contributed by atoms with E-state index in [0.29, 0.717) is 55.5 Å². The maximum Gasteiger partial charge on any atom is 0.419 e. The van der Waals surface area contributed by atoms with Gasteiger partial charge in [-0.25, -0.2) is 4.98 Å². The number of hydrogen-bond donors (Lipinski definition) is 0. The van der Waals surface area contributed by atoms with E-state index < -0.39 is 11.7 Å². The van der Waals surface area contributed by atoms with Crippen LogP contribution in [-0.2, 0) is 6.18 Å². The summed E-state index contributed by atoms with van der Waals surface area (Å²) in [6, 6.07) is 9.85. The molecule has 1 fully saturated rings. The van der Waals surface area contributed by atoms with Crippen molar-refractivity contribution in [1.29, 1.82) is 0 Å². The fourth-order valence-corrected chi connectivity index (χ4v) is 4.30. The van der Waals surface area contributed by atoms with Crippen LogP contribution >= 0.6 is 11.6 Å². The third-order valence-electron chi connectivity index (χ3n) is 5.87. The Kier molecular flexibility index (Phi) is 7.30. The van der Waals surface area contributed by atoms with E-state index in [1.54, 1.807) is 17.0 Å². The fourth-order valence-electron chi connectivity index (χ4n) is 4.11. The maximum absolute atomic E-state index is 13.5. The summed E-state index contributed by atoms with van der Waals surface area (Å²) in [6.07, 6.45) is -3.08. The van der Waals surface area contributed by atoms with Gasteiger partial charge in [0.2, 0.25) is 11.9 Å². The molecule has 0 N–H and O–H groups in total. The molecule has 3 heterocycles. The molecule has 4 rings (SSSR count). The lowest BCUT2D eigenvalue weighted by molar-refractivity contribution is -0.137. The predicted octanol–water partition coefficient (Wildman–Crippen LogP) is 5.17. The predicted molar refractivity (Wildman–Crippen MR) is 132 cm³/mol. The van der Waals surface area contributed by atoms with E-state index in [1.807, 2.05) is 24.0 Å². The van der Waals surface area contributed by atoms with Gasteiger partial charge in [-0.1, -0.05) is 23.7 Å². The number of aromatic nitrogens is 4. The SMILES string of the molecule is CCN(c1nc(-c2cccc(Cl)c2)nc(N2CCN(c3ncccc3C(F)(F)F)CC2)n1)C(C)C. The highest BCUT2D eigenvalue weighted by molar-refractivity contribution is 6.30. The molecule has 0 amide bonds. The Balaban J connectivity index is 1.64. The van der Waals surface area contributed by atoms with E-state index >= 15 is 0 Å². The Labute approximate surface area is 207 Å². The van der Waals surface area contributed by atoms with Crippen LogP contribution in [0.1, 0.15) is 26.3 Å². The van der Waals surface area contributed by atoms with Crippen LogP contribution in [0, 0.1) is 0 Å². The van der Waals surface area contributed by atoms with Crippen molar-refractivity contribution < 1.29 is 13.2 Å². The highest BCUT2D eigenvalue weighted by Gasteiger charge is 2.36. The molecule has 0 saturated carbocycles. The van der Waals surface area contributed by atoms with E-state index in [-0.39, 0.29) is 11.9 Å². The second-order valence-corrected chi connectivity index (χ2v) is 8.93. The van der Waals surface area contributed by atoms with Crippen molar-refractivity contribution in [2.24, 2.45) is 0 Å². The summed E-state index contributed by atoms with van der Waals surface area (Å²) in [5.41, 5.74) is 0.0406. The molecule has 35 heavy (non-hydrogen) atoms. The smallest absolute Gasteiger partial charge is 0.353 e. The zero-order chi connectivity index (χ0) is 25.2.